The van der Waals surface area contributed by atoms with Crippen LogP contribution in [0.2, 0.25) is 0 Å². The number of aromatic carboxylic acids is 1. The zero-order chi connectivity index (χ0) is 20.7. The summed E-state index contributed by atoms with van der Waals surface area (Å²) >= 11 is 0. The molecule has 3 aromatic carbocycles. The van der Waals surface area contributed by atoms with Crippen LogP contribution in [0.5, 0.6) is 0 Å². The van der Waals surface area contributed by atoms with Crippen molar-refractivity contribution >= 4 is 28.5 Å². The van der Waals surface area contributed by atoms with Crippen molar-refractivity contribution < 1.29 is 9.90 Å². The fourth-order valence-corrected chi connectivity index (χ4v) is 3.89. The fourth-order valence-electron chi connectivity index (χ4n) is 3.89. The summed E-state index contributed by atoms with van der Waals surface area (Å²) in [5.41, 5.74) is 4.73. The lowest BCUT2D eigenvalue weighted by atomic mass is 10.0. The zero-order valence-corrected chi connectivity index (χ0v) is 16.1. The van der Waals surface area contributed by atoms with Crippen LogP contribution in [-0.4, -0.2) is 20.6 Å². The number of rotatable bonds is 3. The second-order valence-corrected chi connectivity index (χ2v) is 7.34. The van der Waals surface area contributed by atoms with Gasteiger partial charge in [0, 0.05) is 6.54 Å². The molecular formula is C25H18N2O3. The highest BCUT2D eigenvalue weighted by Gasteiger charge is 2.21. The minimum atomic E-state index is -1.03. The van der Waals surface area contributed by atoms with Crippen LogP contribution in [0.25, 0.3) is 33.7 Å². The Morgan fingerprint density at radius 3 is 2.43 bits per heavy atom. The molecule has 0 saturated heterocycles. The molecule has 0 atom stereocenters. The topological polar surface area (TPSA) is 72.2 Å². The highest BCUT2D eigenvalue weighted by Crippen LogP contribution is 2.28. The third kappa shape index (κ3) is 3.10. The number of hydrogen-bond acceptors (Lipinski definition) is 3. The second kappa shape index (κ2) is 7.12. The lowest BCUT2D eigenvalue weighted by molar-refractivity contribution is 0.0697. The van der Waals surface area contributed by atoms with Gasteiger partial charge in [0.25, 0.3) is 5.56 Å². The largest absolute Gasteiger partial charge is 0.478 e. The van der Waals surface area contributed by atoms with Gasteiger partial charge in [-0.05, 0) is 53.0 Å². The molecule has 2 heterocycles. The molecule has 0 fully saturated rings. The molecule has 4 aromatic rings. The van der Waals surface area contributed by atoms with Crippen LogP contribution in [0, 0.1) is 0 Å². The maximum absolute atomic E-state index is 12.8. The van der Waals surface area contributed by atoms with Gasteiger partial charge in [-0.3, -0.25) is 9.36 Å². The van der Waals surface area contributed by atoms with E-state index < -0.39 is 5.97 Å². The van der Waals surface area contributed by atoms with Crippen molar-refractivity contribution in [2.75, 3.05) is 0 Å². The molecule has 0 spiro atoms. The molecule has 0 radical (unpaired) electrons. The molecule has 5 rings (SSSR count). The Kier molecular flexibility index (Phi) is 4.29. The normalized spacial score (nSPS) is 14.2. The molecule has 5 heteroatoms. The van der Waals surface area contributed by atoms with Gasteiger partial charge in [0.05, 0.1) is 16.5 Å². The van der Waals surface area contributed by atoms with Gasteiger partial charge in [-0.15, -0.1) is 0 Å². The number of benzene rings is 3. The van der Waals surface area contributed by atoms with Gasteiger partial charge in [-0.25, -0.2) is 9.78 Å². The number of carbonyl (C=O) groups is 1. The molecule has 0 bridgehead atoms. The van der Waals surface area contributed by atoms with Crippen LogP contribution in [0.1, 0.15) is 28.2 Å². The summed E-state index contributed by atoms with van der Waals surface area (Å²) in [7, 11) is 0. The minimum absolute atomic E-state index is 0.124. The molecule has 0 unspecified atom stereocenters. The van der Waals surface area contributed by atoms with E-state index in [0.29, 0.717) is 29.7 Å². The Hall–Kier alpha value is -3.99. The van der Waals surface area contributed by atoms with E-state index in [-0.39, 0.29) is 11.1 Å². The first-order valence-corrected chi connectivity index (χ1v) is 9.74. The first kappa shape index (κ1) is 18.1. The molecule has 0 saturated carbocycles. The van der Waals surface area contributed by atoms with Crippen LogP contribution in [0.3, 0.4) is 0 Å². The van der Waals surface area contributed by atoms with Gasteiger partial charge in [0.1, 0.15) is 5.82 Å². The average molecular weight is 394 g/mol. The van der Waals surface area contributed by atoms with Crippen LogP contribution in [-0.2, 0) is 6.54 Å². The van der Waals surface area contributed by atoms with E-state index in [9.17, 15) is 14.7 Å². The summed E-state index contributed by atoms with van der Waals surface area (Å²) < 4.78 is 1.67. The van der Waals surface area contributed by atoms with Crippen molar-refractivity contribution in [3.05, 3.63) is 100 Å². The lowest BCUT2D eigenvalue weighted by Crippen LogP contribution is -2.20. The predicted octanol–water partition coefficient (Wildman–Crippen LogP) is 4.71. The number of allylic oxidation sites excluding steroid dienone is 1. The molecule has 1 aliphatic heterocycles. The van der Waals surface area contributed by atoms with Crippen LogP contribution >= 0.6 is 0 Å². The number of hydrogen-bond donors (Lipinski definition) is 1. The van der Waals surface area contributed by atoms with E-state index in [4.69, 9.17) is 0 Å². The average Bonchev–Trinajstić information content (AvgIpc) is 3.17. The number of nitrogens with zero attached hydrogens (tertiary/aromatic N) is 2. The fraction of sp³-hybridized carbons (Fsp3) is 0.0800. The molecule has 1 aromatic heterocycles. The quantitative estimate of drug-likeness (QED) is 0.546. The predicted molar refractivity (Wildman–Crippen MR) is 117 cm³/mol. The Bertz CT molecular complexity index is 1370. The van der Waals surface area contributed by atoms with Crippen LogP contribution < -0.4 is 5.56 Å². The first-order chi connectivity index (χ1) is 14.6. The van der Waals surface area contributed by atoms with Crippen molar-refractivity contribution in [3.8, 4) is 11.1 Å². The second-order valence-electron chi connectivity index (χ2n) is 7.34. The Morgan fingerprint density at radius 1 is 0.967 bits per heavy atom. The van der Waals surface area contributed by atoms with Gasteiger partial charge in [0.15, 0.2) is 0 Å². The summed E-state index contributed by atoms with van der Waals surface area (Å²) in [5.74, 6) is -0.421. The number of fused-ring (bicyclic) bond motifs is 2. The smallest absolute Gasteiger partial charge is 0.335 e. The summed E-state index contributed by atoms with van der Waals surface area (Å²) in [6.07, 6.45) is 2.76. The zero-order valence-electron chi connectivity index (χ0n) is 16.1. The van der Waals surface area contributed by atoms with E-state index in [1.807, 2.05) is 24.3 Å². The van der Waals surface area contributed by atoms with Crippen molar-refractivity contribution in [1.82, 2.24) is 9.55 Å². The van der Waals surface area contributed by atoms with E-state index >= 15 is 0 Å². The Balaban J connectivity index is 1.55. The summed E-state index contributed by atoms with van der Waals surface area (Å²) in [6, 6.07) is 22.9. The van der Waals surface area contributed by atoms with Gasteiger partial charge >= 0.3 is 5.97 Å². The Morgan fingerprint density at radius 2 is 1.70 bits per heavy atom. The maximum atomic E-state index is 12.8. The van der Waals surface area contributed by atoms with Crippen molar-refractivity contribution in [2.45, 2.75) is 13.0 Å². The molecule has 5 nitrogen and oxygen atoms in total. The van der Waals surface area contributed by atoms with Gasteiger partial charge < -0.3 is 5.11 Å². The van der Waals surface area contributed by atoms with Gasteiger partial charge in [-0.2, -0.15) is 0 Å². The lowest BCUT2D eigenvalue weighted by Gasteiger charge is -2.07. The molecule has 1 aliphatic rings. The van der Waals surface area contributed by atoms with E-state index in [1.165, 1.54) is 12.1 Å². The Labute approximate surface area is 172 Å². The first-order valence-electron chi connectivity index (χ1n) is 9.74. The molecular weight excluding hydrogens is 376 g/mol. The van der Waals surface area contributed by atoms with Crippen LogP contribution in [0.4, 0.5) is 0 Å². The van der Waals surface area contributed by atoms with Gasteiger partial charge in [-0.1, -0.05) is 54.6 Å². The van der Waals surface area contributed by atoms with Gasteiger partial charge in [0.2, 0.25) is 0 Å². The minimum Gasteiger partial charge on any atom is -0.478 e. The highest BCUT2D eigenvalue weighted by molar-refractivity contribution is 5.93. The molecule has 146 valence electrons. The van der Waals surface area contributed by atoms with Crippen molar-refractivity contribution in [1.29, 1.82) is 0 Å². The highest BCUT2D eigenvalue weighted by atomic mass is 16.4. The third-order valence-electron chi connectivity index (χ3n) is 5.45. The maximum Gasteiger partial charge on any atom is 0.335 e. The summed E-state index contributed by atoms with van der Waals surface area (Å²) in [4.78, 5) is 28.8. The molecule has 0 aliphatic carbocycles. The van der Waals surface area contributed by atoms with E-state index in [1.54, 1.807) is 10.6 Å². The van der Waals surface area contributed by atoms with E-state index in [2.05, 4.69) is 41.4 Å². The summed E-state index contributed by atoms with van der Waals surface area (Å²) in [6.45, 7) is 0.575. The van der Waals surface area contributed by atoms with Crippen LogP contribution in [0.15, 0.2) is 77.6 Å². The molecule has 0 amide bonds. The third-order valence-corrected chi connectivity index (χ3v) is 5.45. The number of carboxylic acids is 1. The standard InChI is InChI=1S/C25H18N2O3/c28-24-21-11-10-20(25(29)30)15-22(21)26-23-19(12-13-27(23)24)14-16-6-8-18(9-7-16)17-4-2-1-3-5-17/h1-11,14-15H,12-13H2,(H,29,30)/b19-14-. The monoisotopic (exact) mass is 394 g/mol. The molecule has 1 N–H and O–H groups in total. The van der Waals surface area contributed by atoms with Crippen molar-refractivity contribution in [3.63, 3.8) is 0 Å². The molecule has 30 heavy (non-hydrogen) atoms. The van der Waals surface area contributed by atoms with Crippen molar-refractivity contribution in [2.24, 2.45) is 0 Å². The number of aromatic nitrogens is 2. The SMILES string of the molecule is O=C(O)c1ccc2c(=O)n3c(nc2c1)/C(=C\c1ccc(-c2ccccc2)cc1)CC3. The summed E-state index contributed by atoms with van der Waals surface area (Å²) in [5, 5.41) is 9.68. The number of carboxylic acid groups (broad SMARTS) is 1. The van der Waals surface area contributed by atoms with E-state index in [0.717, 1.165) is 22.3 Å².